The maximum atomic E-state index is 13.1. The number of unbranched alkanes of at least 4 members (excludes halogenated alkanes) is 43. The van der Waals surface area contributed by atoms with Gasteiger partial charge >= 0.3 is 39.5 Å². The van der Waals surface area contributed by atoms with Crippen molar-refractivity contribution >= 4 is 39.5 Å². The van der Waals surface area contributed by atoms with Crippen molar-refractivity contribution in [2.24, 2.45) is 11.8 Å². The zero-order valence-electron chi connectivity index (χ0n) is 61.3. The normalized spacial score (nSPS) is 14.3. The smallest absolute Gasteiger partial charge is 0.462 e. The quantitative estimate of drug-likeness (QED) is 0.0222. The van der Waals surface area contributed by atoms with E-state index in [2.05, 4.69) is 41.5 Å². The minimum Gasteiger partial charge on any atom is -0.462 e. The number of carbonyl (C=O) groups excluding carboxylic acids is 4. The first kappa shape index (κ1) is 92.1. The Hall–Kier alpha value is -1.94. The Morgan fingerprint density at radius 3 is 0.809 bits per heavy atom. The summed E-state index contributed by atoms with van der Waals surface area (Å²) in [6, 6.07) is 0. The maximum absolute atomic E-state index is 13.1. The lowest BCUT2D eigenvalue weighted by molar-refractivity contribution is -0.161. The minimum absolute atomic E-state index is 0.107. The van der Waals surface area contributed by atoms with Crippen molar-refractivity contribution in [1.29, 1.82) is 0 Å². The fourth-order valence-electron chi connectivity index (χ4n) is 11.4. The van der Waals surface area contributed by atoms with E-state index in [1.165, 1.54) is 199 Å². The lowest BCUT2D eigenvalue weighted by atomic mass is 10.00. The second-order valence-electron chi connectivity index (χ2n) is 27.8. The van der Waals surface area contributed by atoms with Crippen LogP contribution in [0.5, 0.6) is 0 Å². The zero-order valence-corrected chi connectivity index (χ0v) is 63.1. The fourth-order valence-corrected chi connectivity index (χ4v) is 13.0. The summed E-state index contributed by atoms with van der Waals surface area (Å²) in [5.41, 5.74) is 0. The number of phosphoric acid groups is 2. The number of aliphatic hydroxyl groups is 1. The summed E-state index contributed by atoms with van der Waals surface area (Å²) >= 11 is 0. The van der Waals surface area contributed by atoms with Gasteiger partial charge in [0.15, 0.2) is 12.2 Å². The molecule has 0 spiro atoms. The van der Waals surface area contributed by atoms with E-state index < -0.39 is 97.5 Å². The highest BCUT2D eigenvalue weighted by Gasteiger charge is 2.30. The molecule has 0 saturated carbocycles. The topological polar surface area (TPSA) is 237 Å². The van der Waals surface area contributed by atoms with Crippen LogP contribution in [0, 0.1) is 11.8 Å². The molecular formula is C75H146O17P2. The molecule has 6 atom stereocenters. The van der Waals surface area contributed by atoms with Gasteiger partial charge in [0.25, 0.3) is 0 Å². The van der Waals surface area contributed by atoms with E-state index in [9.17, 15) is 43.2 Å². The van der Waals surface area contributed by atoms with E-state index in [1.807, 2.05) is 0 Å². The van der Waals surface area contributed by atoms with Crippen molar-refractivity contribution < 1.29 is 80.2 Å². The maximum Gasteiger partial charge on any atom is 0.472 e. The first-order valence-electron chi connectivity index (χ1n) is 39.0. The molecule has 0 aromatic carbocycles. The average molecular weight is 1380 g/mol. The first-order chi connectivity index (χ1) is 45.4. The second kappa shape index (κ2) is 66.9. The largest absolute Gasteiger partial charge is 0.472 e. The number of carbonyl (C=O) groups is 4. The Morgan fingerprint density at radius 1 is 0.309 bits per heavy atom. The summed E-state index contributed by atoms with van der Waals surface area (Å²) in [5, 5.41) is 10.6. The number of phosphoric ester groups is 2. The van der Waals surface area contributed by atoms with Gasteiger partial charge in [0, 0.05) is 25.7 Å². The van der Waals surface area contributed by atoms with Crippen molar-refractivity contribution in [1.82, 2.24) is 0 Å². The highest BCUT2D eigenvalue weighted by molar-refractivity contribution is 7.47. The second-order valence-corrected chi connectivity index (χ2v) is 30.7. The molecule has 0 aliphatic rings. The molecule has 0 aliphatic heterocycles. The molecule has 0 heterocycles. The van der Waals surface area contributed by atoms with E-state index in [1.54, 1.807) is 0 Å². The van der Waals surface area contributed by atoms with Crippen molar-refractivity contribution in [2.45, 2.75) is 407 Å². The van der Waals surface area contributed by atoms with Crippen LogP contribution in [-0.4, -0.2) is 96.7 Å². The van der Waals surface area contributed by atoms with E-state index >= 15 is 0 Å². The molecule has 0 saturated heterocycles. The van der Waals surface area contributed by atoms with Crippen LogP contribution in [0.4, 0.5) is 0 Å². The van der Waals surface area contributed by atoms with Crippen LogP contribution in [0.15, 0.2) is 0 Å². The number of aliphatic hydroxyl groups excluding tert-OH is 1. The third-order valence-electron chi connectivity index (χ3n) is 17.8. The summed E-state index contributed by atoms with van der Waals surface area (Å²) in [4.78, 5) is 72.8. The van der Waals surface area contributed by atoms with Gasteiger partial charge in [-0.2, -0.15) is 0 Å². The van der Waals surface area contributed by atoms with Crippen LogP contribution in [-0.2, 0) is 65.4 Å². The molecule has 0 aromatic rings. The minimum atomic E-state index is -4.96. The van der Waals surface area contributed by atoms with Crippen LogP contribution < -0.4 is 0 Å². The fraction of sp³-hybridized carbons (Fsp3) is 0.947. The summed E-state index contributed by atoms with van der Waals surface area (Å²) < 4.78 is 68.5. The van der Waals surface area contributed by atoms with Crippen molar-refractivity contribution in [2.75, 3.05) is 39.6 Å². The van der Waals surface area contributed by atoms with Gasteiger partial charge in [-0.05, 0) is 37.5 Å². The summed E-state index contributed by atoms with van der Waals surface area (Å²) in [5.74, 6) is -0.603. The Morgan fingerprint density at radius 2 is 0.543 bits per heavy atom. The first-order valence-corrected chi connectivity index (χ1v) is 42.0. The third kappa shape index (κ3) is 67.3. The molecule has 0 radical (unpaired) electrons. The molecule has 0 aliphatic carbocycles. The van der Waals surface area contributed by atoms with E-state index in [4.69, 9.17) is 37.0 Å². The van der Waals surface area contributed by atoms with Gasteiger partial charge in [0.05, 0.1) is 26.4 Å². The third-order valence-corrected chi connectivity index (χ3v) is 19.7. The lowest BCUT2D eigenvalue weighted by Crippen LogP contribution is -2.30. The molecule has 0 fully saturated rings. The molecule has 0 rings (SSSR count). The van der Waals surface area contributed by atoms with E-state index in [0.717, 1.165) is 108 Å². The Balaban J connectivity index is 5.25. The average Bonchev–Trinajstić information content (AvgIpc) is 1.41. The van der Waals surface area contributed by atoms with Crippen molar-refractivity contribution in [3.8, 4) is 0 Å². The molecule has 17 nitrogen and oxygen atoms in total. The molecule has 3 unspecified atom stereocenters. The predicted octanol–water partition coefficient (Wildman–Crippen LogP) is 21.9. The monoisotopic (exact) mass is 1380 g/mol. The molecule has 94 heavy (non-hydrogen) atoms. The lowest BCUT2D eigenvalue weighted by Gasteiger charge is -2.21. The number of hydrogen-bond donors (Lipinski definition) is 3. The Labute approximate surface area is 575 Å². The summed E-state index contributed by atoms with van der Waals surface area (Å²) in [6.45, 7) is 9.57. The molecule has 3 N–H and O–H groups in total. The highest BCUT2D eigenvalue weighted by Crippen LogP contribution is 2.45. The molecule has 0 aromatic heterocycles. The van der Waals surface area contributed by atoms with Gasteiger partial charge in [0.2, 0.25) is 0 Å². The molecule has 19 heteroatoms. The molecule has 0 amide bonds. The van der Waals surface area contributed by atoms with Crippen molar-refractivity contribution in [3.63, 3.8) is 0 Å². The SMILES string of the molecule is CCCCCCCCCCCCCCCCCCC(=O)O[C@H](COC(=O)CCCCCCCCCCCCCCC(C)C)COP(=O)(O)OC[C@@H](O)COP(=O)(O)OC[C@@H](COC(=O)CCCCCCCCC(C)CC)OC(=O)CCCCCCCCCCCCCCC. The number of esters is 4. The number of rotatable bonds is 74. The summed E-state index contributed by atoms with van der Waals surface area (Å²) in [6.07, 6.45) is 54.0. The standard InChI is InChI=1S/C75H146O17P2/c1-7-10-12-14-16-18-20-22-23-24-26-32-36-40-48-54-60-74(79)91-70(63-85-72(77)57-51-45-38-34-30-28-27-29-33-37-43-49-55-67(4)5)65-89-93(81,82)87-61-69(76)62-88-94(83,84)90-66-71(64-86-73(78)58-52-46-42-41-44-50-56-68(6)9-3)92-75(80)59-53-47-39-35-31-25-21-19-17-15-13-11-8-2/h67-71,76H,7-66H2,1-6H3,(H,81,82)(H,83,84)/t68?,69-,70-,71-/m1/s1. The van der Waals surface area contributed by atoms with Gasteiger partial charge in [-0.1, -0.05) is 337 Å². The van der Waals surface area contributed by atoms with Crippen molar-refractivity contribution in [3.05, 3.63) is 0 Å². The highest BCUT2D eigenvalue weighted by atomic mass is 31.2. The number of ether oxygens (including phenoxy) is 4. The van der Waals surface area contributed by atoms with Crippen LogP contribution in [0.2, 0.25) is 0 Å². The molecule has 558 valence electrons. The zero-order chi connectivity index (χ0) is 69.3. The van der Waals surface area contributed by atoms with Gasteiger partial charge in [-0.3, -0.25) is 37.3 Å². The molecular weight excluding hydrogens is 1230 g/mol. The van der Waals surface area contributed by atoms with Gasteiger partial charge < -0.3 is 33.8 Å². The van der Waals surface area contributed by atoms with Crippen LogP contribution >= 0.6 is 15.6 Å². The van der Waals surface area contributed by atoms with Gasteiger partial charge in [-0.15, -0.1) is 0 Å². The van der Waals surface area contributed by atoms with Crippen LogP contribution in [0.25, 0.3) is 0 Å². The van der Waals surface area contributed by atoms with E-state index in [0.29, 0.717) is 25.7 Å². The predicted molar refractivity (Wildman–Crippen MR) is 381 cm³/mol. The Bertz CT molecular complexity index is 1820. The summed E-state index contributed by atoms with van der Waals surface area (Å²) in [7, 11) is -9.91. The van der Waals surface area contributed by atoms with E-state index in [-0.39, 0.29) is 25.7 Å². The van der Waals surface area contributed by atoms with Crippen LogP contribution in [0.3, 0.4) is 0 Å². The van der Waals surface area contributed by atoms with Crippen LogP contribution in [0.1, 0.15) is 388 Å². The van der Waals surface area contributed by atoms with Gasteiger partial charge in [-0.25, -0.2) is 9.13 Å². The molecule has 0 bridgehead atoms. The number of hydrogen-bond acceptors (Lipinski definition) is 15. The van der Waals surface area contributed by atoms with Gasteiger partial charge in [0.1, 0.15) is 19.3 Å². The Kier molecular flexibility index (Phi) is 65.5.